The van der Waals surface area contributed by atoms with Gasteiger partial charge in [-0.05, 0) is 38.0 Å². The van der Waals surface area contributed by atoms with Crippen molar-refractivity contribution in [2.24, 2.45) is 0 Å². The molecule has 0 spiro atoms. The minimum Gasteiger partial charge on any atom is -0.467 e. The third-order valence-corrected chi connectivity index (χ3v) is 3.65. The van der Waals surface area contributed by atoms with Crippen LogP contribution in [0.1, 0.15) is 30.5 Å². The topological polar surface area (TPSA) is 61.2 Å². The highest BCUT2D eigenvalue weighted by Crippen LogP contribution is 2.22. The molecule has 0 bridgehead atoms. The first-order valence-corrected chi connectivity index (χ1v) is 7.23. The molecular weight excluding hydrogens is 280 g/mol. The standard InChI is InChI=1S/C17H20N2O3/c1-5-15(17(21)22-4)19-16(20)9-8-14(18-19)13-10-11(2)6-7-12(13)3/h6-10,15H,5H2,1-4H3. The van der Waals surface area contributed by atoms with Gasteiger partial charge in [-0.3, -0.25) is 4.79 Å². The van der Waals surface area contributed by atoms with Gasteiger partial charge in [0.05, 0.1) is 12.8 Å². The summed E-state index contributed by atoms with van der Waals surface area (Å²) in [5, 5.41) is 4.39. The van der Waals surface area contributed by atoms with Crippen LogP contribution in [0.25, 0.3) is 11.3 Å². The monoisotopic (exact) mass is 300 g/mol. The largest absolute Gasteiger partial charge is 0.467 e. The zero-order valence-electron chi connectivity index (χ0n) is 13.3. The van der Waals surface area contributed by atoms with E-state index in [9.17, 15) is 9.59 Å². The number of aryl methyl sites for hydroxylation is 2. The Kier molecular flexibility index (Phi) is 4.75. The highest BCUT2D eigenvalue weighted by atomic mass is 16.5. The summed E-state index contributed by atoms with van der Waals surface area (Å²) in [4.78, 5) is 23.9. The molecule has 2 rings (SSSR count). The zero-order chi connectivity index (χ0) is 16.3. The molecule has 5 heteroatoms. The number of esters is 1. The van der Waals surface area contributed by atoms with E-state index in [0.717, 1.165) is 16.7 Å². The molecule has 0 aliphatic rings. The first-order chi connectivity index (χ1) is 10.5. The van der Waals surface area contributed by atoms with Crippen LogP contribution in [0.3, 0.4) is 0 Å². The number of carbonyl (C=O) groups is 1. The third-order valence-electron chi connectivity index (χ3n) is 3.65. The predicted octanol–water partition coefficient (Wildman–Crippen LogP) is 2.65. The van der Waals surface area contributed by atoms with Crippen molar-refractivity contribution in [1.82, 2.24) is 9.78 Å². The number of hydrogen-bond acceptors (Lipinski definition) is 4. The fourth-order valence-electron chi connectivity index (χ4n) is 2.38. The molecule has 2 aromatic rings. The highest BCUT2D eigenvalue weighted by Gasteiger charge is 2.22. The average molecular weight is 300 g/mol. The van der Waals surface area contributed by atoms with Crippen molar-refractivity contribution >= 4 is 5.97 Å². The normalized spacial score (nSPS) is 12.0. The van der Waals surface area contributed by atoms with Gasteiger partial charge in [0.2, 0.25) is 0 Å². The maximum Gasteiger partial charge on any atom is 0.330 e. The second-order valence-corrected chi connectivity index (χ2v) is 5.27. The summed E-state index contributed by atoms with van der Waals surface area (Å²) in [6.07, 6.45) is 0.440. The first-order valence-electron chi connectivity index (χ1n) is 7.23. The summed E-state index contributed by atoms with van der Waals surface area (Å²) in [7, 11) is 1.31. The van der Waals surface area contributed by atoms with Crippen molar-refractivity contribution < 1.29 is 9.53 Å². The summed E-state index contributed by atoms with van der Waals surface area (Å²) in [5.74, 6) is -0.463. The Balaban J connectivity index is 2.57. The Bertz CT molecular complexity index is 750. The van der Waals surface area contributed by atoms with E-state index in [4.69, 9.17) is 4.74 Å². The number of carbonyl (C=O) groups excluding carboxylic acids is 1. The lowest BCUT2D eigenvalue weighted by atomic mass is 10.0. The minimum absolute atomic E-state index is 0.314. The Labute approximate surface area is 129 Å². The molecule has 0 aliphatic heterocycles. The number of aromatic nitrogens is 2. The van der Waals surface area contributed by atoms with E-state index < -0.39 is 12.0 Å². The molecular formula is C17H20N2O3. The van der Waals surface area contributed by atoms with Gasteiger partial charge in [-0.1, -0.05) is 24.6 Å². The number of benzene rings is 1. The van der Waals surface area contributed by atoms with Crippen LogP contribution in [-0.4, -0.2) is 22.9 Å². The number of methoxy groups -OCH3 is 1. The molecule has 22 heavy (non-hydrogen) atoms. The lowest BCUT2D eigenvalue weighted by Crippen LogP contribution is -2.32. The van der Waals surface area contributed by atoms with Crippen molar-refractivity contribution in [3.05, 3.63) is 51.8 Å². The highest BCUT2D eigenvalue weighted by molar-refractivity contribution is 5.74. The fourth-order valence-corrected chi connectivity index (χ4v) is 2.38. The average Bonchev–Trinajstić information content (AvgIpc) is 2.52. The van der Waals surface area contributed by atoms with E-state index >= 15 is 0 Å². The molecule has 0 N–H and O–H groups in total. The van der Waals surface area contributed by atoms with E-state index in [-0.39, 0.29) is 5.56 Å². The summed E-state index contributed by atoms with van der Waals surface area (Å²) < 4.78 is 5.97. The quantitative estimate of drug-likeness (QED) is 0.814. The predicted molar refractivity (Wildman–Crippen MR) is 84.8 cm³/mol. The van der Waals surface area contributed by atoms with Crippen LogP contribution in [0.4, 0.5) is 0 Å². The second kappa shape index (κ2) is 6.56. The van der Waals surface area contributed by atoms with Crippen LogP contribution < -0.4 is 5.56 Å². The molecule has 1 heterocycles. The summed E-state index contributed by atoms with van der Waals surface area (Å²) in [5.41, 5.74) is 3.48. The number of nitrogens with zero attached hydrogens (tertiary/aromatic N) is 2. The van der Waals surface area contributed by atoms with Gasteiger partial charge >= 0.3 is 5.97 Å². The van der Waals surface area contributed by atoms with Crippen molar-refractivity contribution in [2.45, 2.75) is 33.2 Å². The Morgan fingerprint density at radius 1 is 1.27 bits per heavy atom. The lowest BCUT2D eigenvalue weighted by Gasteiger charge is -2.16. The van der Waals surface area contributed by atoms with Gasteiger partial charge in [0.1, 0.15) is 0 Å². The lowest BCUT2D eigenvalue weighted by molar-refractivity contribution is -0.145. The van der Waals surface area contributed by atoms with Crippen LogP contribution >= 0.6 is 0 Å². The molecule has 0 aliphatic carbocycles. The molecule has 1 aromatic heterocycles. The molecule has 1 unspecified atom stereocenters. The van der Waals surface area contributed by atoms with Gasteiger partial charge in [0, 0.05) is 11.6 Å². The Hall–Kier alpha value is -2.43. The summed E-state index contributed by atoms with van der Waals surface area (Å²) in [6, 6.07) is 8.48. The van der Waals surface area contributed by atoms with E-state index in [1.807, 2.05) is 39.0 Å². The van der Waals surface area contributed by atoms with Gasteiger partial charge < -0.3 is 4.74 Å². The Morgan fingerprint density at radius 3 is 2.64 bits per heavy atom. The van der Waals surface area contributed by atoms with E-state index in [0.29, 0.717) is 12.1 Å². The zero-order valence-corrected chi connectivity index (χ0v) is 13.3. The fraction of sp³-hybridized carbons (Fsp3) is 0.353. The molecule has 0 fully saturated rings. The van der Waals surface area contributed by atoms with Crippen LogP contribution in [0.2, 0.25) is 0 Å². The summed E-state index contributed by atoms with van der Waals surface area (Å²) >= 11 is 0. The van der Waals surface area contributed by atoms with Crippen LogP contribution in [0, 0.1) is 13.8 Å². The minimum atomic E-state index is -0.706. The molecule has 1 aromatic carbocycles. The first kappa shape index (κ1) is 15.9. The maximum atomic E-state index is 12.1. The van der Waals surface area contributed by atoms with Gasteiger partial charge in [0.25, 0.3) is 5.56 Å². The van der Waals surface area contributed by atoms with Gasteiger partial charge in [0.15, 0.2) is 6.04 Å². The number of rotatable bonds is 4. The molecule has 0 radical (unpaired) electrons. The number of hydrogen-bond donors (Lipinski definition) is 0. The maximum absolute atomic E-state index is 12.1. The smallest absolute Gasteiger partial charge is 0.330 e. The molecule has 1 atom stereocenters. The third kappa shape index (κ3) is 3.08. The van der Waals surface area contributed by atoms with Crippen molar-refractivity contribution in [3.8, 4) is 11.3 Å². The van der Waals surface area contributed by atoms with Crippen LogP contribution in [-0.2, 0) is 9.53 Å². The molecule has 0 saturated heterocycles. The molecule has 0 saturated carbocycles. The molecule has 116 valence electrons. The van der Waals surface area contributed by atoms with Gasteiger partial charge in [-0.25, -0.2) is 9.48 Å². The van der Waals surface area contributed by atoms with Crippen molar-refractivity contribution in [1.29, 1.82) is 0 Å². The van der Waals surface area contributed by atoms with Crippen LogP contribution in [0.5, 0.6) is 0 Å². The molecule has 0 amide bonds. The van der Waals surface area contributed by atoms with Gasteiger partial charge in [-0.15, -0.1) is 0 Å². The number of ether oxygens (including phenoxy) is 1. The Morgan fingerprint density at radius 2 is 2.00 bits per heavy atom. The second-order valence-electron chi connectivity index (χ2n) is 5.27. The van der Waals surface area contributed by atoms with Crippen molar-refractivity contribution in [2.75, 3.05) is 7.11 Å². The van der Waals surface area contributed by atoms with Crippen molar-refractivity contribution in [3.63, 3.8) is 0 Å². The van der Waals surface area contributed by atoms with Crippen LogP contribution in [0.15, 0.2) is 35.1 Å². The molecule has 5 nitrogen and oxygen atoms in total. The summed E-state index contributed by atoms with van der Waals surface area (Å²) in [6.45, 7) is 5.81. The van der Waals surface area contributed by atoms with E-state index in [1.165, 1.54) is 17.9 Å². The van der Waals surface area contributed by atoms with Gasteiger partial charge in [-0.2, -0.15) is 5.10 Å². The van der Waals surface area contributed by atoms with E-state index in [1.54, 1.807) is 6.07 Å². The van der Waals surface area contributed by atoms with E-state index in [2.05, 4.69) is 5.10 Å². The SMILES string of the molecule is CCC(C(=O)OC)n1nc(-c2cc(C)ccc2C)ccc1=O.